The van der Waals surface area contributed by atoms with E-state index in [4.69, 9.17) is 18.9 Å². The molecule has 0 N–H and O–H groups in total. The van der Waals surface area contributed by atoms with Gasteiger partial charge in [-0.15, -0.1) is 0 Å². The molecule has 0 heterocycles. The second-order valence-electron chi connectivity index (χ2n) is 10.6. The molecule has 0 aromatic heterocycles. The van der Waals surface area contributed by atoms with Crippen LogP contribution in [0.2, 0.25) is 0 Å². The van der Waals surface area contributed by atoms with Gasteiger partial charge in [0.05, 0.1) is 28.4 Å². The normalized spacial score (nSPS) is 11.0. The lowest BCUT2D eigenvalue weighted by atomic mass is 10.0. The lowest BCUT2D eigenvalue weighted by Gasteiger charge is -2.14. The van der Waals surface area contributed by atoms with Crippen molar-refractivity contribution in [3.8, 4) is 34.1 Å². The van der Waals surface area contributed by atoms with Crippen molar-refractivity contribution in [1.82, 2.24) is 9.80 Å². The third kappa shape index (κ3) is 6.59. The monoisotopic (exact) mass is 608 g/mol. The van der Waals surface area contributed by atoms with E-state index in [1.807, 2.05) is 48.5 Å². The Morgan fingerprint density at radius 1 is 0.304 bits per heavy atom. The first-order valence-corrected chi connectivity index (χ1v) is 15.0. The minimum absolute atomic E-state index is 0.808. The Kier molecular flexibility index (Phi) is 9.29. The molecule has 0 saturated heterocycles. The number of benzene rings is 6. The molecule has 6 nitrogen and oxygen atoms in total. The molecule has 2 radical (unpaired) electrons. The highest BCUT2D eigenvalue weighted by Gasteiger charge is 2.28. The van der Waals surface area contributed by atoms with Gasteiger partial charge in [0.1, 0.15) is 23.0 Å². The summed E-state index contributed by atoms with van der Waals surface area (Å²) in [4.78, 5) is 4.46. The minimum Gasteiger partial charge on any atom is -0.497 e. The molecule has 0 bridgehead atoms. The second-order valence-corrected chi connectivity index (χ2v) is 10.6. The number of ether oxygens (including phenoxy) is 4. The summed E-state index contributed by atoms with van der Waals surface area (Å²) >= 11 is 0. The summed E-state index contributed by atoms with van der Waals surface area (Å²) < 4.78 is 21.7. The fourth-order valence-electron chi connectivity index (χ4n) is 5.47. The molecule has 228 valence electrons. The maximum atomic E-state index is 5.43. The smallest absolute Gasteiger partial charge is 0.193 e. The van der Waals surface area contributed by atoms with Crippen LogP contribution in [0.1, 0.15) is 0 Å². The fourth-order valence-corrected chi connectivity index (χ4v) is 5.47. The van der Waals surface area contributed by atoms with Gasteiger partial charge in [0.2, 0.25) is 0 Å². The molecule has 0 aliphatic rings. The molecule has 6 rings (SSSR count). The summed E-state index contributed by atoms with van der Waals surface area (Å²) in [6, 6.07) is 49.6. The van der Waals surface area contributed by atoms with E-state index >= 15 is 0 Å². The van der Waals surface area contributed by atoms with Crippen molar-refractivity contribution in [2.45, 2.75) is 0 Å². The molecular weight excluding hydrogens is 572 g/mol. The van der Waals surface area contributed by atoms with Crippen LogP contribution in [0.4, 0.5) is 34.1 Å². The summed E-state index contributed by atoms with van der Waals surface area (Å²) in [5, 5.41) is 0. The molecule has 6 heteroatoms. The Labute approximate surface area is 270 Å². The third-order valence-electron chi connectivity index (χ3n) is 7.86. The predicted molar refractivity (Wildman–Crippen MR) is 186 cm³/mol. The highest BCUT2D eigenvalue weighted by molar-refractivity contribution is 5.76. The summed E-state index contributed by atoms with van der Waals surface area (Å²) in [6.45, 7) is 0. The highest BCUT2D eigenvalue weighted by atomic mass is 16.5. The van der Waals surface area contributed by atoms with Gasteiger partial charge in [-0.1, -0.05) is 34.1 Å². The highest BCUT2D eigenvalue weighted by Crippen LogP contribution is 2.40. The fraction of sp³-hybridized carbons (Fsp3) is 0.100. The van der Waals surface area contributed by atoms with Crippen molar-refractivity contribution in [3.05, 3.63) is 146 Å². The van der Waals surface area contributed by atoms with E-state index in [1.54, 1.807) is 28.4 Å². The number of nitrogens with zero attached hydrogens (tertiary/aromatic N) is 2. The zero-order valence-corrected chi connectivity index (χ0v) is 26.4. The minimum atomic E-state index is 0.808. The average molecular weight is 609 g/mol. The van der Waals surface area contributed by atoms with Crippen LogP contribution >= 0.6 is 0 Å². The van der Waals surface area contributed by atoms with Crippen molar-refractivity contribution < 1.29 is 18.9 Å². The van der Waals surface area contributed by atoms with Crippen LogP contribution in [0.15, 0.2) is 146 Å². The average Bonchev–Trinajstić information content (AvgIpc) is 3.13. The third-order valence-corrected chi connectivity index (χ3v) is 7.86. The van der Waals surface area contributed by atoms with Crippen molar-refractivity contribution in [3.63, 3.8) is 0 Å². The van der Waals surface area contributed by atoms with Crippen molar-refractivity contribution in [2.75, 3.05) is 28.4 Å². The van der Waals surface area contributed by atoms with Gasteiger partial charge < -0.3 is 18.9 Å². The Morgan fingerprint density at radius 2 is 0.565 bits per heavy atom. The van der Waals surface area contributed by atoms with E-state index in [1.165, 1.54) is 0 Å². The topological polar surface area (TPSA) is 48.7 Å². The predicted octanol–water partition coefficient (Wildman–Crippen LogP) is 10.3. The molecule has 0 fully saturated rings. The van der Waals surface area contributed by atoms with Crippen LogP contribution in [0.5, 0.6) is 23.0 Å². The van der Waals surface area contributed by atoms with Crippen LogP contribution in [0.3, 0.4) is 0 Å². The lowest BCUT2D eigenvalue weighted by Crippen LogP contribution is -2.12. The maximum absolute atomic E-state index is 5.43. The summed E-state index contributed by atoms with van der Waals surface area (Å²) in [5.74, 6) is 3.23. The van der Waals surface area contributed by atoms with E-state index in [0.29, 0.717) is 0 Å². The van der Waals surface area contributed by atoms with Crippen LogP contribution < -0.4 is 28.7 Å². The number of hydrogen-bond donors (Lipinski definition) is 0. The molecule has 0 unspecified atom stereocenters. The van der Waals surface area contributed by atoms with Gasteiger partial charge in [-0.2, -0.15) is 0 Å². The van der Waals surface area contributed by atoms with E-state index < -0.39 is 0 Å². The van der Waals surface area contributed by atoms with Gasteiger partial charge >= 0.3 is 0 Å². The quantitative estimate of drug-likeness (QED) is 0.137. The van der Waals surface area contributed by atoms with E-state index in [0.717, 1.165) is 68.2 Å². The molecule has 0 spiro atoms. The first kappa shape index (κ1) is 30.5. The molecule has 0 aliphatic heterocycles. The standard InChI is InChI=1S/C40H36N2O4/c1-43-37-19-11-31(12-20-37)41(32-13-21-38(44-2)22-14-32)35-9-5-7-29(27-35)30-8-6-10-36(28-30)42(33-15-23-39(45-3)24-16-33)34-17-25-40(46-4)26-18-34/h5-28H,1-4H3/q+2. The van der Waals surface area contributed by atoms with Gasteiger partial charge in [-0.05, 0) is 59.7 Å². The largest absolute Gasteiger partial charge is 0.497 e. The molecule has 46 heavy (non-hydrogen) atoms. The Hall–Kier alpha value is -5.56. The van der Waals surface area contributed by atoms with E-state index in [-0.39, 0.29) is 0 Å². The van der Waals surface area contributed by atoms with Crippen LogP contribution in [-0.2, 0) is 0 Å². The molecule has 0 aliphatic carbocycles. The molecule has 0 saturated carbocycles. The van der Waals surface area contributed by atoms with Crippen molar-refractivity contribution in [2.24, 2.45) is 0 Å². The summed E-state index contributed by atoms with van der Waals surface area (Å²) in [6.07, 6.45) is 0. The van der Waals surface area contributed by atoms with E-state index in [9.17, 15) is 0 Å². The van der Waals surface area contributed by atoms with Gasteiger partial charge in [-0.25, -0.2) is 0 Å². The zero-order valence-electron chi connectivity index (χ0n) is 26.4. The second kappa shape index (κ2) is 14.0. The zero-order chi connectivity index (χ0) is 31.9. The van der Waals surface area contributed by atoms with E-state index in [2.05, 4.69) is 107 Å². The Bertz CT molecular complexity index is 1630. The molecule has 6 aromatic carbocycles. The van der Waals surface area contributed by atoms with Crippen LogP contribution in [0.25, 0.3) is 11.1 Å². The Balaban J connectivity index is 1.42. The van der Waals surface area contributed by atoms with Gasteiger partial charge in [0, 0.05) is 72.8 Å². The molecule has 0 atom stereocenters. The first-order valence-electron chi connectivity index (χ1n) is 15.0. The van der Waals surface area contributed by atoms with Crippen LogP contribution in [0, 0.1) is 0 Å². The number of rotatable bonds is 11. The van der Waals surface area contributed by atoms with Gasteiger partial charge in [0.25, 0.3) is 0 Å². The Morgan fingerprint density at radius 3 is 0.804 bits per heavy atom. The number of hydrogen-bond acceptors (Lipinski definition) is 6. The first-order chi connectivity index (χ1) is 22.6. The van der Waals surface area contributed by atoms with Crippen molar-refractivity contribution in [1.29, 1.82) is 0 Å². The molecule has 0 amide bonds. The summed E-state index contributed by atoms with van der Waals surface area (Å²) in [5.41, 5.74) is 8.31. The summed E-state index contributed by atoms with van der Waals surface area (Å²) in [7, 11) is 6.72. The van der Waals surface area contributed by atoms with Crippen molar-refractivity contribution >= 4 is 34.1 Å². The van der Waals surface area contributed by atoms with Crippen LogP contribution in [-0.4, -0.2) is 28.4 Å². The number of methoxy groups -OCH3 is 4. The lowest BCUT2D eigenvalue weighted by molar-refractivity contribution is 0.414. The number of anilines is 6. The van der Waals surface area contributed by atoms with Gasteiger partial charge in [0.15, 0.2) is 34.1 Å². The molecular formula is C40H36N2O4+2. The maximum Gasteiger partial charge on any atom is 0.193 e. The van der Waals surface area contributed by atoms with Gasteiger partial charge in [-0.3, -0.25) is 0 Å². The SMILES string of the molecule is COc1ccc([N+](c2ccc(OC)cc2)c2cccc(-c3cccc([N+](c4ccc(OC)cc4)c4ccc(OC)cc4)c3)c2)cc1. The molecule has 6 aromatic rings.